The second-order valence-corrected chi connectivity index (χ2v) is 10.3. The van der Waals surface area contributed by atoms with Gasteiger partial charge in [0.05, 0.1) is 0 Å². The van der Waals surface area contributed by atoms with Gasteiger partial charge < -0.3 is 9.53 Å². The Balaban J connectivity index is 4.08. The summed E-state index contributed by atoms with van der Waals surface area (Å²) in [6.45, 7) is 13.7. The van der Waals surface area contributed by atoms with Crippen molar-refractivity contribution in [2.45, 2.75) is 64.8 Å². The summed E-state index contributed by atoms with van der Waals surface area (Å²) in [5, 5.41) is 9.01. The van der Waals surface area contributed by atoms with Gasteiger partial charge in [0.25, 0.3) is 0 Å². The van der Waals surface area contributed by atoms with Crippen LogP contribution in [-0.4, -0.2) is 26.1 Å². The number of aliphatic hydroxyl groups is 1. The second-order valence-electron chi connectivity index (χ2n) is 5.55. The molecule has 0 spiro atoms. The van der Waals surface area contributed by atoms with Crippen LogP contribution in [0.5, 0.6) is 0 Å². The standard InChI is InChI=1S/C11H26O2Si/c1-10(8-7-9-12)13-14(5,6)11(2,3)4/h10,12H,7-9H2,1-6H3. The van der Waals surface area contributed by atoms with Gasteiger partial charge in [0.15, 0.2) is 8.32 Å². The van der Waals surface area contributed by atoms with E-state index >= 15 is 0 Å². The predicted molar refractivity (Wildman–Crippen MR) is 64.1 cm³/mol. The molecule has 0 aromatic carbocycles. The number of hydrogen-bond acceptors (Lipinski definition) is 2. The Kier molecular flexibility index (Phi) is 5.34. The van der Waals surface area contributed by atoms with E-state index in [0.29, 0.717) is 0 Å². The normalized spacial score (nSPS) is 15.6. The topological polar surface area (TPSA) is 29.5 Å². The van der Waals surface area contributed by atoms with E-state index in [1.807, 2.05) is 0 Å². The molecule has 3 heteroatoms. The van der Waals surface area contributed by atoms with Gasteiger partial charge in [-0.05, 0) is 37.9 Å². The van der Waals surface area contributed by atoms with Gasteiger partial charge in [0, 0.05) is 12.7 Å². The molecule has 0 saturated heterocycles. The molecule has 0 bridgehead atoms. The first-order valence-electron chi connectivity index (χ1n) is 5.49. The van der Waals surface area contributed by atoms with Gasteiger partial charge >= 0.3 is 0 Å². The van der Waals surface area contributed by atoms with Crippen LogP contribution in [0.4, 0.5) is 0 Å². The highest BCUT2D eigenvalue weighted by atomic mass is 28.4. The average molecular weight is 218 g/mol. The van der Waals surface area contributed by atoms with E-state index in [1.165, 1.54) is 0 Å². The maximum atomic E-state index is 8.73. The van der Waals surface area contributed by atoms with Crippen LogP contribution in [0.2, 0.25) is 18.1 Å². The van der Waals surface area contributed by atoms with Gasteiger partial charge in [0.1, 0.15) is 0 Å². The molecular weight excluding hydrogens is 192 g/mol. The number of hydrogen-bond donors (Lipinski definition) is 1. The summed E-state index contributed by atoms with van der Waals surface area (Å²) in [6.07, 6.45) is 2.08. The molecule has 0 aliphatic rings. The Hall–Kier alpha value is 0.137. The van der Waals surface area contributed by atoms with Crippen LogP contribution in [0.15, 0.2) is 0 Å². The zero-order chi connectivity index (χ0) is 11.4. The molecule has 0 heterocycles. The Morgan fingerprint density at radius 2 is 1.79 bits per heavy atom. The van der Waals surface area contributed by atoms with Crippen molar-refractivity contribution in [3.63, 3.8) is 0 Å². The molecule has 0 saturated carbocycles. The molecule has 2 nitrogen and oxygen atoms in total. The van der Waals surface area contributed by atoms with Crippen LogP contribution < -0.4 is 0 Å². The molecule has 1 atom stereocenters. The molecule has 0 fully saturated rings. The van der Waals surface area contributed by atoms with Crippen molar-refractivity contribution in [1.82, 2.24) is 0 Å². The molecular formula is C11H26O2Si. The maximum absolute atomic E-state index is 8.73. The molecule has 1 unspecified atom stereocenters. The first-order chi connectivity index (χ1) is 6.20. The Morgan fingerprint density at radius 1 is 1.29 bits per heavy atom. The minimum atomic E-state index is -1.60. The Bertz CT molecular complexity index is 161. The summed E-state index contributed by atoms with van der Waals surface area (Å²) >= 11 is 0. The summed E-state index contributed by atoms with van der Waals surface area (Å²) in [7, 11) is -1.60. The van der Waals surface area contributed by atoms with E-state index in [1.54, 1.807) is 0 Å². The van der Waals surface area contributed by atoms with Gasteiger partial charge in [-0.2, -0.15) is 0 Å². The second kappa shape index (κ2) is 5.28. The molecule has 86 valence electrons. The summed E-state index contributed by atoms with van der Waals surface area (Å²) in [5.74, 6) is 0. The molecule has 14 heavy (non-hydrogen) atoms. The summed E-state index contributed by atoms with van der Waals surface area (Å²) in [6, 6.07) is 0. The van der Waals surface area contributed by atoms with Gasteiger partial charge in [-0.1, -0.05) is 20.8 Å². The van der Waals surface area contributed by atoms with Gasteiger partial charge in [0.2, 0.25) is 0 Å². The fourth-order valence-corrected chi connectivity index (χ4v) is 2.59. The lowest BCUT2D eigenvalue weighted by Gasteiger charge is -2.38. The molecule has 0 aliphatic heterocycles. The molecule has 1 N–H and O–H groups in total. The Morgan fingerprint density at radius 3 is 2.14 bits per heavy atom. The maximum Gasteiger partial charge on any atom is 0.192 e. The average Bonchev–Trinajstić information content (AvgIpc) is 1.97. The van der Waals surface area contributed by atoms with Crippen molar-refractivity contribution in [2.75, 3.05) is 6.61 Å². The van der Waals surface area contributed by atoms with E-state index in [4.69, 9.17) is 9.53 Å². The highest BCUT2D eigenvalue weighted by molar-refractivity contribution is 6.74. The van der Waals surface area contributed by atoms with Crippen LogP contribution in [0.1, 0.15) is 40.5 Å². The van der Waals surface area contributed by atoms with Crippen LogP contribution in [-0.2, 0) is 4.43 Å². The third kappa shape index (κ3) is 4.58. The molecule has 0 rings (SSSR count). The summed E-state index contributed by atoms with van der Waals surface area (Å²) in [4.78, 5) is 0. The fraction of sp³-hybridized carbons (Fsp3) is 1.00. The van der Waals surface area contributed by atoms with Gasteiger partial charge in [-0.15, -0.1) is 0 Å². The van der Waals surface area contributed by atoms with Crippen molar-refractivity contribution in [3.05, 3.63) is 0 Å². The van der Waals surface area contributed by atoms with Crippen molar-refractivity contribution >= 4 is 8.32 Å². The molecule has 0 amide bonds. The molecule has 0 radical (unpaired) electrons. The smallest absolute Gasteiger partial charge is 0.192 e. The van der Waals surface area contributed by atoms with Crippen LogP contribution in [0.25, 0.3) is 0 Å². The van der Waals surface area contributed by atoms with Crippen LogP contribution >= 0.6 is 0 Å². The Labute approximate surface area is 89.8 Å². The van der Waals surface area contributed by atoms with Gasteiger partial charge in [-0.25, -0.2) is 0 Å². The SMILES string of the molecule is CC(CCCO)O[Si](C)(C)C(C)(C)C. The van der Waals surface area contributed by atoms with E-state index in [-0.39, 0.29) is 17.7 Å². The third-order valence-electron chi connectivity index (χ3n) is 3.07. The van der Waals surface area contributed by atoms with Crippen molar-refractivity contribution < 1.29 is 9.53 Å². The number of rotatable bonds is 5. The van der Waals surface area contributed by atoms with Gasteiger partial charge in [-0.3, -0.25) is 0 Å². The molecule has 0 aromatic heterocycles. The van der Waals surface area contributed by atoms with Crippen molar-refractivity contribution in [3.8, 4) is 0 Å². The van der Waals surface area contributed by atoms with Crippen LogP contribution in [0.3, 0.4) is 0 Å². The lowest BCUT2D eigenvalue weighted by Crippen LogP contribution is -2.43. The van der Waals surface area contributed by atoms with Crippen molar-refractivity contribution in [2.24, 2.45) is 0 Å². The van der Waals surface area contributed by atoms with Crippen molar-refractivity contribution in [1.29, 1.82) is 0 Å². The monoisotopic (exact) mass is 218 g/mol. The van der Waals surface area contributed by atoms with Crippen LogP contribution in [0, 0.1) is 0 Å². The number of aliphatic hydroxyl groups excluding tert-OH is 1. The first-order valence-corrected chi connectivity index (χ1v) is 8.40. The predicted octanol–water partition coefficient (Wildman–Crippen LogP) is 3.17. The van der Waals surface area contributed by atoms with E-state index in [0.717, 1.165) is 12.8 Å². The highest BCUT2D eigenvalue weighted by Gasteiger charge is 2.38. The van der Waals surface area contributed by atoms with E-state index in [9.17, 15) is 0 Å². The molecule has 0 aliphatic carbocycles. The summed E-state index contributed by atoms with van der Waals surface area (Å²) < 4.78 is 6.13. The van der Waals surface area contributed by atoms with E-state index in [2.05, 4.69) is 40.8 Å². The zero-order valence-corrected chi connectivity index (χ0v) is 11.6. The minimum Gasteiger partial charge on any atom is -0.414 e. The minimum absolute atomic E-state index is 0.269. The largest absolute Gasteiger partial charge is 0.414 e. The fourth-order valence-electron chi connectivity index (χ4n) is 1.12. The summed E-state index contributed by atoms with van der Waals surface area (Å²) in [5.41, 5.74) is 0. The third-order valence-corrected chi connectivity index (χ3v) is 7.67. The van der Waals surface area contributed by atoms with E-state index < -0.39 is 8.32 Å². The first kappa shape index (κ1) is 14.1. The molecule has 0 aromatic rings. The lowest BCUT2D eigenvalue weighted by atomic mass is 10.2. The lowest BCUT2D eigenvalue weighted by molar-refractivity contribution is 0.172. The quantitative estimate of drug-likeness (QED) is 0.718. The highest BCUT2D eigenvalue weighted by Crippen LogP contribution is 2.37. The zero-order valence-electron chi connectivity index (χ0n) is 10.6.